The van der Waals surface area contributed by atoms with Gasteiger partial charge in [-0.3, -0.25) is 0 Å². The van der Waals surface area contributed by atoms with E-state index >= 15 is 0 Å². The van der Waals surface area contributed by atoms with E-state index in [4.69, 9.17) is 0 Å². The van der Waals surface area contributed by atoms with E-state index in [2.05, 4.69) is 57.3 Å². The van der Waals surface area contributed by atoms with E-state index in [1.165, 1.54) is 30.4 Å². The van der Waals surface area contributed by atoms with E-state index in [1.54, 1.807) is 0 Å². The Labute approximate surface area is 112 Å². The molecule has 100 valence electrons. The Morgan fingerprint density at radius 3 is 2.50 bits per heavy atom. The Balaban J connectivity index is 1.96. The van der Waals surface area contributed by atoms with E-state index in [1.807, 2.05) is 0 Å². The van der Waals surface area contributed by atoms with Crippen LogP contribution in [0.5, 0.6) is 0 Å². The lowest BCUT2D eigenvalue weighted by Gasteiger charge is -2.34. The Hall–Kier alpha value is -0.820. The van der Waals surface area contributed by atoms with Crippen molar-refractivity contribution in [2.75, 3.05) is 0 Å². The maximum atomic E-state index is 3.83. The van der Waals surface area contributed by atoms with Crippen molar-refractivity contribution < 1.29 is 0 Å². The number of hydrogen-bond acceptors (Lipinski definition) is 1. The zero-order chi connectivity index (χ0) is 13.1. The maximum Gasteiger partial charge on any atom is 0.0296 e. The molecule has 0 bridgehead atoms. The van der Waals surface area contributed by atoms with Gasteiger partial charge in [-0.15, -0.1) is 0 Å². The molecule has 1 aromatic rings. The van der Waals surface area contributed by atoms with Crippen molar-refractivity contribution >= 4 is 0 Å². The van der Waals surface area contributed by atoms with Crippen LogP contribution < -0.4 is 5.32 Å². The Bertz CT molecular complexity index is 385. The van der Waals surface area contributed by atoms with Gasteiger partial charge in [0.15, 0.2) is 0 Å². The topological polar surface area (TPSA) is 12.0 Å². The number of benzene rings is 1. The van der Waals surface area contributed by atoms with Gasteiger partial charge in [0.2, 0.25) is 0 Å². The number of aryl methyl sites for hydroxylation is 1. The van der Waals surface area contributed by atoms with Crippen molar-refractivity contribution in [1.29, 1.82) is 0 Å². The molecule has 0 amide bonds. The summed E-state index contributed by atoms with van der Waals surface area (Å²) in [7, 11) is 0. The lowest BCUT2D eigenvalue weighted by Crippen LogP contribution is -2.37. The molecule has 18 heavy (non-hydrogen) atoms. The fourth-order valence-electron chi connectivity index (χ4n) is 3.21. The quantitative estimate of drug-likeness (QED) is 0.828. The van der Waals surface area contributed by atoms with Crippen LogP contribution in [-0.4, -0.2) is 6.04 Å². The van der Waals surface area contributed by atoms with Crippen LogP contribution in [0.25, 0.3) is 0 Å². The van der Waals surface area contributed by atoms with E-state index in [0.717, 1.165) is 11.8 Å². The standard InChI is InChI=1S/C17H27N/c1-12-9-10-16(11-14(12)3)18-15(4)17-8-6-5-7-13(17)2/h5-8,12,14-16,18H,9-11H2,1-4H3. The molecule has 1 aliphatic carbocycles. The summed E-state index contributed by atoms with van der Waals surface area (Å²) in [6.07, 6.45) is 4.04. The minimum Gasteiger partial charge on any atom is -0.307 e. The largest absolute Gasteiger partial charge is 0.307 e. The molecule has 0 saturated heterocycles. The first-order valence-electron chi connectivity index (χ1n) is 7.39. The van der Waals surface area contributed by atoms with E-state index in [0.29, 0.717) is 12.1 Å². The highest BCUT2D eigenvalue weighted by Crippen LogP contribution is 2.30. The SMILES string of the molecule is Cc1ccccc1C(C)NC1CCC(C)C(C)C1. The molecule has 0 aliphatic heterocycles. The van der Waals surface area contributed by atoms with Gasteiger partial charge in [-0.2, -0.15) is 0 Å². The molecule has 4 unspecified atom stereocenters. The molecular formula is C17H27N. The molecule has 1 aliphatic rings. The van der Waals surface area contributed by atoms with Gasteiger partial charge in [-0.25, -0.2) is 0 Å². The van der Waals surface area contributed by atoms with Crippen molar-refractivity contribution in [2.24, 2.45) is 11.8 Å². The van der Waals surface area contributed by atoms with Crippen LogP contribution in [0.1, 0.15) is 57.2 Å². The van der Waals surface area contributed by atoms with Gasteiger partial charge in [0.25, 0.3) is 0 Å². The van der Waals surface area contributed by atoms with Gasteiger partial charge in [0.05, 0.1) is 0 Å². The Morgan fingerprint density at radius 2 is 1.83 bits per heavy atom. The molecule has 1 N–H and O–H groups in total. The predicted molar refractivity (Wildman–Crippen MR) is 78.7 cm³/mol. The highest BCUT2D eigenvalue weighted by molar-refractivity contribution is 5.28. The Kier molecular flexibility index (Phi) is 4.45. The molecule has 1 fully saturated rings. The minimum absolute atomic E-state index is 0.469. The third kappa shape index (κ3) is 3.14. The molecule has 0 radical (unpaired) electrons. The first-order valence-corrected chi connectivity index (χ1v) is 7.39. The summed E-state index contributed by atoms with van der Waals surface area (Å²) in [4.78, 5) is 0. The summed E-state index contributed by atoms with van der Waals surface area (Å²) < 4.78 is 0. The Morgan fingerprint density at radius 1 is 1.11 bits per heavy atom. The molecule has 1 nitrogen and oxygen atoms in total. The van der Waals surface area contributed by atoms with Crippen molar-refractivity contribution in [2.45, 2.75) is 59.0 Å². The molecule has 4 atom stereocenters. The maximum absolute atomic E-state index is 3.83. The van der Waals surface area contributed by atoms with Gasteiger partial charge in [-0.05, 0) is 56.1 Å². The monoisotopic (exact) mass is 245 g/mol. The third-order valence-corrected chi connectivity index (χ3v) is 4.74. The fraction of sp³-hybridized carbons (Fsp3) is 0.647. The van der Waals surface area contributed by atoms with Crippen LogP contribution >= 0.6 is 0 Å². The zero-order valence-electron chi connectivity index (χ0n) is 12.2. The summed E-state index contributed by atoms with van der Waals surface area (Å²) in [5.74, 6) is 1.76. The zero-order valence-corrected chi connectivity index (χ0v) is 12.2. The fourth-order valence-corrected chi connectivity index (χ4v) is 3.21. The average molecular weight is 245 g/mol. The molecule has 0 aromatic heterocycles. The summed E-state index contributed by atoms with van der Waals surface area (Å²) in [6.45, 7) is 9.30. The van der Waals surface area contributed by atoms with Crippen LogP contribution in [0.15, 0.2) is 24.3 Å². The van der Waals surface area contributed by atoms with Crippen molar-refractivity contribution in [3.05, 3.63) is 35.4 Å². The van der Waals surface area contributed by atoms with Crippen LogP contribution in [0.4, 0.5) is 0 Å². The minimum atomic E-state index is 0.469. The summed E-state index contributed by atoms with van der Waals surface area (Å²) in [5.41, 5.74) is 2.85. The van der Waals surface area contributed by atoms with Gasteiger partial charge < -0.3 is 5.32 Å². The smallest absolute Gasteiger partial charge is 0.0296 e. The first-order chi connectivity index (χ1) is 8.58. The molecule has 1 aromatic carbocycles. The lowest BCUT2D eigenvalue weighted by molar-refractivity contribution is 0.217. The van der Waals surface area contributed by atoms with Crippen molar-refractivity contribution in [3.8, 4) is 0 Å². The van der Waals surface area contributed by atoms with E-state index < -0.39 is 0 Å². The van der Waals surface area contributed by atoms with Crippen molar-refractivity contribution in [3.63, 3.8) is 0 Å². The predicted octanol–water partition coefficient (Wildman–Crippen LogP) is 4.47. The highest BCUT2D eigenvalue weighted by Gasteiger charge is 2.25. The second kappa shape index (κ2) is 5.88. The van der Waals surface area contributed by atoms with Crippen LogP contribution in [0.3, 0.4) is 0 Å². The summed E-state index contributed by atoms with van der Waals surface area (Å²) in [5, 5.41) is 3.83. The van der Waals surface area contributed by atoms with E-state index in [9.17, 15) is 0 Å². The van der Waals surface area contributed by atoms with Crippen LogP contribution in [0, 0.1) is 18.8 Å². The molecule has 1 saturated carbocycles. The molecule has 1 heteroatoms. The van der Waals surface area contributed by atoms with Crippen LogP contribution in [0.2, 0.25) is 0 Å². The normalized spacial score (nSPS) is 30.1. The van der Waals surface area contributed by atoms with Gasteiger partial charge in [-0.1, -0.05) is 38.1 Å². The molecule has 2 rings (SSSR count). The lowest BCUT2D eigenvalue weighted by atomic mass is 9.79. The van der Waals surface area contributed by atoms with Gasteiger partial charge in [0.1, 0.15) is 0 Å². The van der Waals surface area contributed by atoms with Crippen LogP contribution in [-0.2, 0) is 0 Å². The highest BCUT2D eigenvalue weighted by atomic mass is 14.9. The molecule has 0 heterocycles. The number of nitrogens with one attached hydrogen (secondary N) is 1. The van der Waals surface area contributed by atoms with E-state index in [-0.39, 0.29) is 0 Å². The number of hydrogen-bond donors (Lipinski definition) is 1. The molecular weight excluding hydrogens is 218 g/mol. The summed E-state index contributed by atoms with van der Waals surface area (Å²) in [6, 6.07) is 9.89. The average Bonchev–Trinajstić information content (AvgIpc) is 2.34. The van der Waals surface area contributed by atoms with Gasteiger partial charge >= 0.3 is 0 Å². The first kappa shape index (κ1) is 13.6. The number of rotatable bonds is 3. The molecule has 0 spiro atoms. The summed E-state index contributed by atoms with van der Waals surface area (Å²) >= 11 is 0. The van der Waals surface area contributed by atoms with Crippen molar-refractivity contribution in [1.82, 2.24) is 5.32 Å². The second-order valence-corrected chi connectivity index (χ2v) is 6.21. The third-order valence-electron chi connectivity index (χ3n) is 4.74. The second-order valence-electron chi connectivity index (χ2n) is 6.21. The van der Waals surface area contributed by atoms with Gasteiger partial charge in [0, 0.05) is 12.1 Å².